The third-order valence-corrected chi connectivity index (χ3v) is 6.36. The number of aliphatic hydroxyl groups is 1. The summed E-state index contributed by atoms with van der Waals surface area (Å²) in [6, 6.07) is 10.2. The molecule has 0 aliphatic carbocycles. The minimum absolute atomic E-state index is 0.0644. The van der Waals surface area contributed by atoms with Crippen LogP contribution < -0.4 is 0 Å². The lowest BCUT2D eigenvalue weighted by Crippen LogP contribution is -2.35. The molecule has 1 aliphatic rings. The first-order valence-corrected chi connectivity index (χ1v) is 9.29. The summed E-state index contributed by atoms with van der Waals surface area (Å²) in [6.07, 6.45) is 5.15. The monoisotopic (exact) mass is 355 g/mol. The lowest BCUT2D eigenvalue weighted by atomic mass is 9.81. The molecule has 4 rings (SSSR count). The van der Waals surface area contributed by atoms with Crippen molar-refractivity contribution in [1.82, 2.24) is 14.3 Å². The Morgan fingerprint density at radius 1 is 1.36 bits per heavy atom. The van der Waals surface area contributed by atoms with E-state index >= 15 is 0 Å². The molecule has 130 valence electrons. The fourth-order valence-corrected chi connectivity index (χ4v) is 4.77. The summed E-state index contributed by atoms with van der Waals surface area (Å²) in [6.45, 7) is 3.34. The number of nitrogens with zero attached hydrogens (tertiary/aromatic N) is 3. The van der Waals surface area contributed by atoms with E-state index in [9.17, 15) is 9.90 Å². The number of imidazole rings is 1. The molecule has 1 N–H and O–H groups in total. The lowest BCUT2D eigenvalue weighted by molar-refractivity contribution is 0.0743. The Morgan fingerprint density at radius 2 is 2.16 bits per heavy atom. The maximum atomic E-state index is 13.0. The molecule has 1 aliphatic heterocycles. The molecule has 1 unspecified atom stereocenters. The quantitative estimate of drug-likeness (QED) is 0.783. The molecule has 1 saturated heterocycles. The number of benzene rings is 1. The number of rotatable bonds is 4. The highest BCUT2D eigenvalue weighted by Gasteiger charge is 2.40. The molecule has 1 amide bonds. The number of amides is 1. The summed E-state index contributed by atoms with van der Waals surface area (Å²) in [4.78, 5) is 20.8. The minimum atomic E-state index is -0.244. The van der Waals surface area contributed by atoms with Crippen LogP contribution in [0.2, 0.25) is 0 Å². The van der Waals surface area contributed by atoms with Crippen molar-refractivity contribution in [2.75, 3.05) is 19.7 Å². The number of carbonyl (C=O) groups excluding carboxylic acids is 1. The molecule has 0 spiro atoms. The van der Waals surface area contributed by atoms with Crippen LogP contribution in [0.15, 0.2) is 42.9 Å². The van der Waals surface area contributed by atoms with Crippen molar-refractivity contribution in [2.45, 2.75) is 19.8 Å². The van der Waals surface area contributed by atoms with E-state index in [1.807, 2.05) is 34.4 Å². The predicted octanol–water partition coefficient (Wildman–Crippen LogP) is 2.77. The van der Waals surface area contributed by atoms with E-state index in [1.165, 1.54) is 16.9 Å². The van der Waals surface area contributed by atoms with Crippen LogP contribution in [0.5, 0.6) is 0 Å². The van der Waals surface area contributed by atoms with Gasteiger partial charge >= 0.3 is 0 Å². The van der Waals surface area contributed by atoms with Gasteiger partial charge in [-0.05, 0) is 25.3 Å². The van der Waals surface area contributed by atoms with E-state index in [2.05, 4.69) is 17.1 Å². The third kappa shape index (κ3) is 2.85. The fraction of sp³-hybridized carbons (Fsp3) is 0.368. The predicted molar refractivity (Wildman–Crippen MR) is 98.0 cm³/mol. The molecule has 3 aromatic rings. The Balaban J connectivity index is 1.55. The van der Waals surface area contributed by atoms with E-state index in [0.29, 0.717) is 13.1 Å². The number of likely N-dealkylation sites (tertiary alicyclic amines) is 1. The molecular weight excluding hydrogens is 334 g/mol. The first kappa shape index (κ1) is 16.3. The number of aliphatic hydroxyl groups excluding tert-OH is 1. The summed E-state index contributed by atoms with van der Waals surface area (Å²) in [5.74, 6) is 0.0644. The number of hydrogen-bond donors (Lipinski definition) is 1. The smallest absolute Gasteiger partial charge is 0.265 e. The zero-order valence-electron chi connectivity index (χ0n) is 14.2. The molecule has 1 fully saturated rings. The Hall–Kier alpha value is -2.18. The molecule has 1 aromatic carbocycles. The zero-order valence-corrected chi connectivity index (χ0v) is 15.0. The molecule has 3 heterocycles. The summed E-state index contributed by atoms with van der Waals surface area (Å²) in [5.41, 5.74) is 1.90. The summed E-state index contributed by atoms with van der Waals surface area (Å²) < 4.78 is 1.96. The van der Waals surface area contributed by atoms with E-state index < -0.39 is 0 Å². The van der Waals surface area contributed by atoms with Crippen LogP contribution in [0.1, 0.15) is 27.3 Å². The molecule has 0 saturated carbocycles. The summed E-state index contributed by atoms with van der Waals surface area (Å²) >= 11 is 1.48. The van der Waals surface area contributed by atoms with Crippen molar-refractivity contribution in [3.8, 4) is 0 Å². The Labute approximate surface area is 150 Å². The second kappa shape index (κ2) is 6.28. The van der Waals surface area contributed by atoms with Gasteiger partial charge in [-0.15, -0.1) is 11.3 Å². The van der Waals surface area contributed by atoms with Gasteiger partial charge in [0.05, 0.1) is 12.8 Å². The van der Waals surface area contributed by atoms with E-state index in [4.69, 9.17) is 0 Å². The zero-order chi connectivity index (χ0) is 17.4. The topological polar surface area (TPSA) is 57.8 Å². The molecule has 25 heavy (non-hydrogen) atoms. The van der Waals surface area contributed by atoms with Gasteiger partial charge in [0.15, 0.2) is 0 Å². The largest absolute Gasteiger partial charge is 0.396 e. The normalized spacial score (nSPS) is 20.5. The van der Waals surface area contributed by atoms with E-state index in [0.717, 1.165) is 28.2 Å². The maximum Gasteiger partial charge on any atom is 0.265 e. The Bertz CT molecular complexity index is 902. The Kier molecular flexibility index (Phi) is 4.09. The van der Waals surface area contributed by atoms with Gasteiger partial charge < -0.3 is 10.0 Å². The molecule has 0 bridgehead atoms. The second-order valence-electron chi connectivity index (χ2n) is 6.92. The molecule has 1 atom stereocenters. The first-order valence-electron chi connectivity index (χ1n) is 8.47. The number of carbonyl (C=O) groups is 1. The van der Waals surface area contributed by atoms with Crippen LogP contribution in [0.25, 0.3) is 4.83 Å². The number of aryl methyl sites for hydroxylation is 1. The maximum absolute atomic E-state index is 13.0. The van der Waals surface area contributed by atoms with Gasteiger partial charge in [0.1, 0.15) is 16.0 Å². The molecule has 2 aromatic heterocycles. The van der Waals surface area contributed by atoms with Crippen molar-refractivity contribution < 1.29 is 9.90 Å². The van der Waals surface area contributed by atoms with Gasteiger partial charge in [-0.25, -0.2) is 4.98 Å². The van der Waals surface area contributed by atoms with Gasteiger partial charge in [0.25, 0.3) is 5.91 Å². The highest BCUT2D eigenvalue weighted by atomic mass is 32.1. The van der Waals surface area contributed by atoms with Crippen LogP contribution in [-0.4, -0.2) is 45.0 Å². The second-order valence-corrected chi connectivity index (χ2v) is 7.95. The number of fused-ring (bicyclic) bond motifs is 1. The van der Waals surface area contributed by atoms with Gasteiger partial charge in [-0.1, -0.05) is 30.3 Å². The van der Waals surface area contributed by atoms with Crippen molar-refractivity contribution in [1.29, 1.82) is 0 Å². The van der Waals surface area contributed by atoms with Gasteiger partial charge in [0, 0.05) is 24.2 Å². The molecule has 0 radical (unpaired) electrons. The standard InChI is InChI=1S/C19H21N3O2S/c1-14-17(25-16-10-20-13-22(14)16)18(24)21-8-7-19(11-21,12-23)9-15-5-3-2-4-6-15/h2-6,10,13,23H,7-9,11-12H2,1H3. The number of thiazole rings is 1. The average Bonchev–Trinajstić information content (AvgIpc) is 3.33. The van der Waals surface area contributed by atoms with Crippen molar-refractivity contribution >= 4 is 22.1 Å². The van der Waals surface area contributed by atoms with Gasteiger partial charge in [-0.2, -0.15) is 0 Å². The minimum Gasteiger partial charge on any atom is -0.396 e. The summed E-state index contributed by atoms with van der Waals surface area (Å²) in [5, 5.41) is 10.0. The van der Waals surface area contributed by atoms with Crippen molar-refractivity contribution in [2.24, 2.45) is 5.41 Å². The first-order chi connectivity index (χ1) is 12.1. The number of hydrogen-bond acceptors (Lipinski definition) is 4. The molecule has 6 heteroatoms. The van der Waals surface area contributed by atoms with Crippen molar-refractivity contribution in [3.63, 3.8) is 0 Å². The Morgan fingerprint density at radius 3 is 2.88 bits per heavy atom. The van der Waals surface area contributed by atoms with Crippen LogP contribution >= 0.6 is 11.3 Å². The van der Waals surface area contributed by atoms with Crippen molar-refractivity contribution in [3.05, 3.63) is 59.0 Å². The summed E-state index contributed by atoms with van der Waals surface area (Å²) in [7, 11) is 0. The molecule has 5 nitrogen and oxygen atoms in total. The van der Waals surface area contributed by atoms with E-state index in [-0.39, 0.29) is 17.9 Å². The van der Waals surface area contributed by atoms with Crippen LogP contribution in [0.4, 0.5) is 0 Å². The highest BCUT2D eigenvalue weighted by Crippen LogP contribution is 2.35. The van der Waals surface area contributed by atoms with Crippen LogP contribution in [0, 0.1) is 12.3 Å². The van der Waals surface area contributed by atoms with Gasteiger partial charge in [-0.3, -0.25) is 9.20 Å². The lowest BCUT2D eigenvalue weighted by Gasteiger charge is -2.27. The third-order valence-electron chi connectivity index (χ3n) is 5.18. The molecular formula is C19H21N3O2S. The SMILES string of the molecule is Cc1c(C(=O)N2CCC(CO)(Cc3ccccc3)C2)sc2cncn12. The van der Waals surface area contributed by atoms with Crippen LogP contribution in [-0.2, 0) is 6.42 Å². The van der Waals surface area contributed by atoms with Crippen LogP contribution in [0.3, 0.4) is 0 Å². The highest BCUT2D eigenvalue weighted by molar-refractivity contribution is 7.19. The van der Waals surface area contributed by atoms with E-state index in [1.54, 1.807) is 12.5 Å². The average molecular weight is 355 g/mol. The van der Waals surface area contributed by atoms with Gasteiger partial charge in [0.2, 0.25) is 0 Å². The number of aromatic nitrogens is 2. The fourth-order valence-electron chi connectivity index (χ4n) is 3.71.